The van der Waals surface area contributed by atoms with Gasteiger partial charge in [0.25, 0.3) is 0 Å². The van der Waals surface area contributed by atoms with E-state index in [1.54, 1.807) is 6.07 Å². The van der Waals surface area contributed by atoms with Crippen LogP contribution in [-0.4, -0.2) is 21.7 Å². The molecule has 14 heavy (non-hydrogen) atoms. The molecule has 0 spiro atoms. The summed E-state index contributed by atoms with van der Waals surface area (Å²) in [6.07, 6.45) is 0.985. The predicted octanol–water partition coefficient (Wildman–Crippen LogP) is 1.20. The third-order valence-corrected chi connectivity index (χ3v) is 1.70. The van der Waals surface area contributed by atoms with Gasteiger partial charge in [0.2, 0.25) is 0 Å². The Morgan fingerprint density at radius 2 is 2.21 bits per heavy atom. The fourth-order valence-corrected chi connectivity index (χ4v) is 1.15. The van der Waals surface area contributed by atoms with Gasteiger partial charge in [-0.1, -0.05) is 6.92 Å². The summed E-state index contributed by atoms with van der Waals surface area (Å²) in [5, 5.41) is 8.93. The van der Waals surface area contributed by atoms with Crippen LogP contribution in [-0.2, 0) is 18.0 Å². The van der Waals surface area contributed by atoms with E-state index in [9.17, 15) is 0 Å². The maximum Gasteiger partial charge on any atom is 0.154 e. The van der Waals surface area contributed by atoms with Crippen LogP contribution in [0, 0.1) is 6.92 Å². The zero-order valence-corrected chi connectivity index (χ0v) is 8.66. The van der Waals surface area contributed by atoms with Gasteiger partial charge >= 0.3 is 0 Å². The summed E-state index contributed by atoms with van der Waals surface area (Å²) in [4.78, 5) is 8.34. The summed E-state index contributed by atoms with van der Waals surface area (Å²) in [7, 11) is 0. The van der Waals surface area contributed by atoms with Gasteiger partial charge in [0, 0.05) is 12.3 Å². The van der Waals surface area contributed by atoms with E-state index in [-0.39, 0.29) is 6.61 Å². The second-order valence-corrected chi connectivity index (χ2v) is 3.13. The molecule has 0 amide bonds. The van der Waals surface area contributed by atoms with Gasteiger partial charge in [0.05, 0.1) is 12.3 Å². The Morgan fingerprint density at radius 3 is 2.86 bits per heavy atom. The zero-order chi connectivity index (χ0) is 10.4. The van der Waals surface area contributed by atoms with Crippen LogP contribution in [0.25, 0.3) is 0 Å². The maximum absolute atomic E-state index is 8.93. The van der Waals surface area contributed by atoms with E-state index < -0.39 is 0 Å². The molecule has 1 rings (SSSR count). The Morgan fingerprint density at radius 1 is 1.43 bits per heavy atom. The lowest BCUT2D eigenvalue weighted by atomic mass is 10.3. The van der Waals surface area contributed by atoms with Gasteiger partial charge in [-0.3, -0.25) is 0 Å². The summed E-state index contributed by atoms with van der Waals surface area (Å²) in [6, 6.07) is 1.77. The van der Waals surface area contributed by atoms with Crippen molar-refractivity contribution in [3.8, 4) is 0 Å². The molecule has 0 saturated heterocycles. The fourth-order valence-electron chi connectivity index (χ4n) is 1.15. The molecule has 0 unspecified atom stereocenters. The summed E-state index contributed by atoms with van der Waals surface area (Å²) in [5.74, 6) is 0.641. The summed E-state index contributed by atoms with van der Waals surface area (Å²) in [6.45, 7) is 5.01. The second-order valence-electron chi connectivity index (χ2n) is 3.13. The highest BCUT2D eigenvalue weighted by Crippen LogP contribution is 2.02. The molecule has 4 nitrogen and oxygen atoms in total. The Labute approximate surface area is 84.0 Å². The first-order chi connectivity index (χ1) is 6.76. The van der Waals surface area contributed by atoms with Gasteiger partial charge in [0.1, 0.15) is 6.61 Å². The molecule has 0 saturated carbocycles. The van der Waals surface area contributed by atoms with Crippen LogP contribution in [0.5, 0.6) is 0 Å². The molecular formula is C10H16N2O2. The highest BCUT2D eigenvalue weighted by molar-refractivity contribution is 5.08. The first-order valence-corrected chi connectivity index (χ1v) is 4.78. The maximum atomic E-state index is 8.93. The highest BCUT2D eigenvalue weighted by atomic mass is 16.5. The summed E-state index contributed by atoms with van der Waals surface area (Å²) in [5.41, 5.74) is 1.51. The molecule has 0 bridgehead atoms. The number of aliphatic hydroxyl groups excluding tert-OH is 1. The van der Waals surface area contributed by atoms with E-state index in [0.29, 0.717) is 24.7 Å². The van der Waals surface area contributed by atoms with Gasteiger partial charge in [-0.25, -0.2) is 9.97 Å². The van der Waals surface area contributed by atoms with Gasteiger partial charge in [0.15, 0.2) is 5.82 Å². The van der Waals surface area contributed by atoms with E-state index in [1.165, 1.54) is 0 Å². The lowest BCUT2D eigenvalue weighted by Crippen LogP contribution is -2.04. The number of rotatable bonds is 5. The molecule has 0 radical (unpaired) electrons. The van der Waals surface area contributed by atoms with Crippen LogP contribution < -0.4 is 0 Å². The van der Waals surface area contributed by atoms with Crippen LogP contribution in [0.4, 0.5) is 0 Å². The smallest absolute Gasteiger partial charge is 0.154 e. The van der Waals surface area contributed by atoms with Gasteiger partial charge in [-0.15, -0.1) is 0 Å². The molecule has 0 aliphatic heterocycles. The summed E-state index contributed by atoms with van der Waals surface area (Å²) < 4.78 is 5.32. The standard InChI is InChI=1S/C10H16N2O2/c1-3-4-14-7-10-11-8(2)5-9(6-13)12-10/h5,13H,3-4,6-7H2,1-2H3. The van der Waals surface area contributed by atoms with Crippen LogP contribution in [0.15, 0.2) is 6.07 Å². The number of aromatic nitrogens is 2. The predicted molar refractivity (Wildman–Crippen MR) is 52.6 cm³/mol. The molecule has 1 aromatic rings. The van der Waals surface area contributed by atoms with Crippen molar-refractivity contribution in [3.63, 3.8) is 0 Å². The number of ether oxygens (including phenoxy) is 1. The van der Waals surface area contributed by atoms with Crippen LogP contribution in [0.2, 0.25) is 0 Å². The quantitative estimate of drug-likeness (QED) is 0.719. The normalized spacial score (nSPS) is 10.5. The average Bonchev–Trinajstić information content (AvgIpc) is 2.17. The largest absolute Gasteiger partial charge is 0.390 e. The number of hydrogen-bond donors (Lipinski definition) is 1. The molecule has 1 aromatic heterocycles. The van der Waals surface area contributed by atoms with Crippen molar-refractivity contribution in [1.29, 1.82) is 0 Å². The van der Waals surface area contributed by atoms with Crippen molar-refractivity contribution in [1.82, 2.24) is 9.97 Å². The molecule has 4 heteroatoms. The minimum absolute atomic E-state index is 0.0515. The number of hydrogen-bond acceptors (Lipinski definition) is 4. The van der Waals surface area contributed by atoms with Crippen LogP contribution >= 0.6 is 0 Å². The number of nitrogens with zero attached hydrogens (tertiary/aromatic N) is 2. The van der Waals surface area contributed by atoms with Crippen molar-refractivity contribution in [2.75, 3.05) is 6.61 Å². The van der Waals surface area contributed by atoms with Crippen molar-refractivity contribution < 1.29 is 9.84 Å². The van der Waals surface area contributed by atoms with E-state index in [0.717, 1.165) is 12.1 Å². The molecule has 0 aliphatic rings. The zero-order valence-electron chi connectivity index (χ0n) is 8.66. The molecule has 0 aliphatic carbocycles. The van der Waals surface area contributed by atoms with E-state index in [1.807, 2.05) is 6.92 Å². The highest BCUT2D eigenvalue weighted by Gasteiger charge is 2.01. The van der Waals surface area contributed by atoms with Gasteiger partial charge in [-0.05, 0) is 19.4 Å². The lowest BCUT2D eigenvalue weighted by molar-refractivity contribution is 0.115. The molecule has 0 aromatic carbocycles. The first kappa shape index (κ1) is 11.1. The lowest BCUT2D eigenvalue weighted by Gasteiger charge is -2.04. The third-order valence-electron chi connectivity index (χ3n) is 1.70. The van der Waals surface area contributed by atoms with Crippen molar-refractivity contribution in [2.45, 2.75) is 33.5 Å². The fraction of sp³-hybridized carbons (Fsp3) is 0.600. The molecule has 1 heterocycles. The third kappa shape index (κ3) is 3.40. The minimum Gasteiger partial charge on any atom is -0.390 e. The second kappa shape index (κ2) is 5.67. The van der Waals surface area contributed by atoms with Gasteiger partial charge in [-0.2, -0.15) is 0 Å². The van der Waals surface area contributed by atoms with E-state index >= 15 is 0 Å². The van der Waals surface area contributed by atoms with Crippen molar-refractivity contribution in [2.24, 2.45) is 0 Å². The van der Waals surface area contributed by atoms with Crippen molar-refractivity contribution >= 4 is 0 Å². The Kier molecular flexibility index (Phi) is 4.49. The van der Waals surface area contributed by atoms with E-state index in [2.05, 4.69) is 16.9 Å². The number of aliphatic hydroxyl groups is 1. The van der Waals surface area contributed by atoms with Crippen molar-refractivity contribution in [3.05, 3.63) is 23.3 Å². The minimum atomic E-state index is -0.0515. The Bertz CT molecular complexity index is 289. The molecular weight excluding hydrogens is 180 g/mol. The van der Waals surface area contributed by atoms with Crippen LogP contribution in [0.3, 0.4) is 0 Å². The molecule has 78 valence electrons. The number of aryl methyl sites for hydroxylation is 1. The SMILES string of the molecule is CCCOCc1nc(C)cc(CO)n1. The monoisotopic (exact) mass is 196 g/mol. The first-order valence-electron chi connectivity index (χ1n) is 4.78. The Hall–Kier alpha value is -1.00. The Balaban J connectivity index is 2.62. The summed E-state index contributed by atoms with van der Waals surface area (Å²) >= 11 is 0. The van der Waals surface area contributed by atoms with Crippen LogP contribution in [0.1, 0.15) is 30.6 Å². The average molecular weight is 196 g/mol. The molecule has 0 atom stereocenters. The molecule has 1 N–H and O–H groups in total. The van der Waals surface area contributed by atoms with Gasteiger partial charge < -0.3 is 9.84 Å². The van der Waals surface area contributed by atoms with E-state index in [4.69, 9.17) is 9.84 Å². The topological polar surface area (TPSA) is 55.2 Å². The molecule has 0 fully saturated rings.